The van der Waals surface area contributed by atoms with E-state index in [1.165, 1.54) is 0 Å². The van der Waals surface area contributed by atoms with Crippen molar-refractivity contribution in [1.82, 2.24) is 24.6 Å². The van der Waals surface area contributed by atoms with Crippen LogP contribution < -0.4 is 5.32 Å². The molecule has 0 aliphatic carbocycles. The van der Waals surface area contributed by atoms with Crippen molar-refractivity contribution in [2.24, 2.45) is 7.05 Å². The van der Waals surface area contributed by atoms with Crippen LogP contribution in [-0.2, 0) is 7.05 Å². The highest BCUT2D eigenvalue weighted by atomic mass is 16.1. The molecule has 0 aliphatic rings. The van der Waals surface area contributed by atoms with Gasteiger partial charge in [-0.05, 0) is 48.9 Å². The SMILES string of the molecule is CC(NC(=O)c1cc(-c2cnn(C)c2)nc2ccccc12)c1ccc(-n2cccc2)cc1. The molecular weight excluding hydrogens is 398 g/mol. The zero-order chi connectivity index (χ0) is 22.1. The number of pyridine rings is 1. The van der Waals surface area contributed by atoms with Crippen LogP contribution in [0.3, 0.4) is 0 Å². The van der Waals surface area contributed by atoms with Crippen LogP contribution in [0.5, 0.6) is 0 Å². The third-order valence-corrected chi connectivity index (χ3v) is 5.60. The second kappa shape index (κ2) is 8.15. The highest BCUT2D eigenvalue weighted by Gasteiger charge is 2.17. The van der Waals surface area contributed by atoms with Gasteiger partial charge >= 0.3 is 0 Å². The average Bonchev–Trinajstić information content (AvgIpc) is 3.50. The Morgan fingerprint density at radius 2 is 1.75 bits per heavy atom. The highest BCUT2D eigenvalue weighted by Crippen LogP contribution is 2.25. The molecule has 6 nitrogen and oxygen atoms in total. The first kappa shape index (κ1) is 19.8. The van der Waals surface area contributed by atoms with Crippen molar-refractivity contribution in [3.63, 3.8) is 0 Å². The second-order valence-corrected chi connectivity index (χ2v) is 7.85. The van der Waals surface area contributed by atoms with E-state index >= 15 is 0 Å². The van der Waals surface area contributed by atoms with Crippen molar-refractivity contribution < 1.29 is 4.79 Å². The molecule has 0 fully saturated rings. The van der Waals surface area contributed by atoms with E-state index in [2.05, 4.69) is 27.1 Å². The molecular formula is C26H23N5O. The molecule has 158 valence electrons. The lowest BCUT2D eigenvalue weighted by atomic mass is 10.0. The summed E-state index contributed by atoms with van der Waals surface area (Å²) in [7, 11) is 1.86. The minimum atomic E-state index is -0.144. The summed E-state index contributed by atoms with van der Waals surface area (Å²) >= 11 is 0. The Balaban J connectivity index is 1.44. The van der Waals surface area contributed by atoms with Crippen molar-refractivity contribution in [2.75, 3.05) is 0 Å². The van der Waals surface area contributed by atoms with Crippen LogP contribution in [0.4, 0.5) is 0 Å². The lowest BCUT2D eigenvalue weighted by molar-refractivity contribution is 0.0941. The topological polar surface area (TPSA) is 64.7 Å². The van der Waals surface area contributed by atoms with Gasteiger partial charge in [0.15, 0.2) is 0 Å². The summed E-state index contributed by atoms with van der Waals surface area (Å²) in [6.45, 7) is 1.99. The van der Waals surface area contributed by atoms with Gasteiger partial charge in [-0.2, -0.15) is 5.10 Å². The van der Waals surface area contributed by atoms with Gasteiger partial charge in [0, 0.05) is 42.3 Å². The van der Waals surface area contributed by atoms with Gasteiger partial charge < -0.3 is 9.88 Å². The van der Waals surface area contributed by atoms with Crippen molar-refractivity contribution in [3.8, 4) is 16.9 Å². The first-order valence-electron chi connectivity index (χ1n) is 10.5. The Labute approximate surface area is 186 Å². The van der Waals surface area contributed by atoms with Crippen molar-refractivity contribution in [1.29, 1.82) is 0 Å². The first-order chi connectivity index (χ1) is 15.6. The van der Waals surface area contributed by atoms with Gasteiger partial charge in [-0.15, -0.1) is 0 Å². The number of hydrogen-bond acceptors (Lipinski definition) is 3. The number of aromatic nitrogens is 4. The normalized spacial score (nSPS) is 12.1. The molecule has 5 aromatic rings. The maximum absolute atomic E-state index is 13.3. The van der Waals surface area contributed by atoms with Gasteiger partial charge in [0.25, 0.3) is 5.91 Å². The number of rotatable bonds is 5. The van der Waals surface area contributed by atoms with E-state index in [4.69, 9.17) is 4.98 Å². The number of carbonyl (C=O) groups is 1. The summed E-state index contributed by atoms with van der Waals surface area (Å²) in [5.41, 5.74) is 5.11. The molecule has 0 aliphatic heterocycles. The summed E-state index contributed by atoms with van der Waals surface area (Å²) in [4.78, 5) is 18.1. The zero-order valence-corrected chi connectivity index (χ0v) is 17.9. The van der Waals surface area contributed by atoms with E-state index in [-0.39, 0.29) is 11.9 Å². The fourth-order valence-electron chi connectivity index (χ4n) is 3.86. The zero-order valence-electron chi connectivity index (χ0n) is 17.9. The minimum Gasteiger partial charge on any atom is -0.345 e. The number of nitrogens with zero attached hydrogens (tertiary/aromatic N) is 4. The summed E-state index contributed by atoms with van der Waals surface area (Å²) in [6.07, 6.45) is 7.67. The van der Waals surface area contributed by atoms with E-state index in [1.54, 1.807) is 10.9 Å². The van der Waals surface area contributed by atoms with Crippen molar-refractivity contribution in [2.45, 2.75) is 13.0 Å². The summed E-state index contributed by atoms with van der Waals surface area (Å²) in [6, 6.07) is 21.6. The molecule has 3 aromatic heterocycles. The summed E-state index contributed by atoms with van der Waals surface area (Å²) in [5, 5.41) is 8.21. The monoisotopic (exact) mass is 421 g/mol. The predicted octanol–water partition coefficient (Wildman–Crippen LogP) is 4.92. The number of hydrogen-bond donors (Lipinski definition) is 1. The Hall–Kier alpha value is -4.19. The quantitative estimate of drug-likeness (QED) is 0.438. The molecule has 2 aromatic carbocycles. The van der Waals surface area contributed by atoms with Crippen LogP contribution in [0.25, 0.3) is 27.8 Å². The molecule has 1 atom stereocenters. The van der Waals surface area contributed by atoms with Gasteiger partial charge in [-0.1, -0.05) is 30.3 Å². The smallest absolute Gasteiger partial charge is 0.252 e. The van der Waals surface area contributed by atoms with E-state index in [0.717, 1.165) is 33.4 Å². The van der Waals surface area contributed by atoms with Gasteiger partial charge in [-0.3, -0.25) is 9.48 Å². The maximum atomic E-state index is 13.3. The average molecular weight is 422 g/mol. The van der Waals surface area contributed by atoms with Crippen LogP contribution in [0.2, 0.25) is 0 Å². The van der Waals surface area contributed by atoms with Crippen LogP contribution in [0.1, 0.15) is 28.9 Å². The van der Waals surface area contributed by atoms with Gasteiger partial charge in [-0.25, -0.2) is 4.98 Å². The van der Waals surface area contributed by atoms with E-state index in [9.17, 15) is 4.79 Å². The number of fused-ring (bicyclic) bond motifs is 1. The predicted molar refractivity (Wildman–Crippen MR) is 126 cm³/mol. The lowest BCUT2D eigenvalue weighted by Gasteiger charge is -2.16. The molecule has 0 bridgehead atoms. The Morgan fingerprint density at radius 3 is 2.47 bits per heavy atom. The van der Waals surface area contributed by atoms with Crippen molar-refractivity contribution >= 4 is 16.8 Å². The van der Waals surface area contributed by atoms with Crippen LogP contribution in [0, 0.1) is 0 Å². The second-order valence-electron chi connectivity index (χ2n) is 7.85. The number of aryl methyl sites for hydroxylation is 1. The molecule has 32 heavy (non-hydrogen) atoms. The number of amides is 1. The molecule has 1 unspecified atom stereocenters. The molecule has 6 heteroatoms. The van der Waals surface area contributed by atoms with Gasteiger partial charge in [0.05, 0.1) is 29.0 Å². The molecule has 1 amide bonds. The maximum Gasteiger partial charge on any atom is 0.252 e. The Kier molecular flexibility index (Phi) is 5.03. The Morgan fingerprint density at radius 1 is 1.00 bits per heavy atom. The molecule has 0 spiro atoms. The molecule has 0 radical (unpaired) electrons. The Bertz CT molecular complexity index is 1380. The number of benzene rings is 2. The van der Waals surface area contributed by atoms with Crippen LogP contribution >= 0.6 is 0 Å². The third kappa shape index (κ3) is 3.78. The van der Waals surface area contributed by atoms with Gasteiger partial charge in [0.2, 0.25) is 0 Å². The number of nitrogens with one attached hydrogen (secondary N) is 1. The molecule has 3 heterocycles. The van der Waals surface area contributed by atoms with Crippen molar-refractivity contribution in [3.05, 3.63) is 103 Å². The molecule has 0 saturated heterocycles. The van der Waals surface area contributed by atoms with Crippen LogP contribution in [0.15, 0.2) is 91.5 Å². The third-order valence-electron chi connectivity index (χ3n) is 5.60. The van der Waals surface area contributed by atoms with E-state index in [0.29, 0.717) is 5.56 Å². The standard InChI is InChI=1S/C26H23N5O/c1-18(19-9-11-21(12-10-19)31-13-5-6-14-31)28-26(32)23-15-25(20-16-27-30(2)17-20)29-24-8-4-3-7-22(23)24/h3-18H,1-2H3,(H,28,32). The van der Waals surface area contributed by atoms with Crippen LogP contribution in [-0.4, -0.2) is 25.2 Å². The summed E-state index contributed by atoms with van der Waals surface area (Å²) < 4.78 is 3.78. The summed E-state index contributed by atoms with van der Waals surface area (Å²) in [5.74, 6) is -0.129. The highest BCUT2D eigenvalue weighted by molar-refractivity contribution is 6.07. The minimum absolute atomic E-state index is 0.129. The molecule has 0 saturated carbocycles. The molecule has 5 rings (SSSR count). The number of para-hydroxylation sites is 1. The molecule has 1 N–H and O–H groups in total. The van der Waals surface area contributed by atoms with E-state index < -0.39 is 0 Å². The lowest BCUT2D eigenvalue weighted by Crippen LogP contribution is -2.27. The van der Waals surface area contributed by atoms with Gasteiger partial charge in [0.1, 0.15) is 0 Å². The fraction of sp³-hybridized carbons (Fsp3) is 0.115. The first-order valence-corrected chi connectivity index (χ1v) is 10.5. The van der Waals surface area contributed by atoms with E-state index in [1.807, 2.05) is 87.2 Å². The largest absolute Gasteiger partial charge is 0.345 e. The number of carbonyl (C=O) groups excluding carboxylic acids is 1. The fourth-order valence-corrected chi connectivity index (χ4v) is 3.86.